The van der Waals surface area contributed by atoms with Gasteiger partial charge in [0.15, 0.2) is 5.76 Å². The summed E-state index contributed by atoms with van der Waals surface area (Å²) in [4.78, 5) is 25.1. The Bertz CT molecular complexity index is 1260. The minimum atomic E-state index is -0.239. The van der Waals surface area contributed by atoms with Crippen molar-refractivity contribution in [2.45, 2.75) is 6.92 Å². The number of rotatable bonds is 5. The lowest BCUT2D eigenvalue weighted by atomic mass is 10.0. The second-order valence-electron chi connectivity index (χ2n) is 6.84. The van der Waals surface area contributed by atoms with Crippen molar-refractivity contribution in [3.8, 4) is 0 Å². The van der Waals surface area contributed by atoms with E-state index in [1.807, 2.05) is 37.3 Å². The molecule has 0 unspecified atom stereocenters. The van der Waals surface area contributed by atoms with E-state index in [0.717, 1.165) is 16.5 Å². The molecule has 0 radical (unpaired) electrons. The molecule has 0 atom stereocenters. The average molecular weight is 416 g/mol. The molecule has 1 N–H and O–H groups in total. The van der Waals surface area contributed by atoms with Gasteiger partial charge in [-0.2, -0.15) is 0 Å². The molecule has 0 fully saturated rings. The summed E-state index contributed by atoms with van der Waals surface area (Å²) in [6, 6.07) is 21.6. The van der Waals surface area contributed by atoms with Crippen LogP contribution in [-0.2, 0) is 4.79 Å². The summed E-state index contributed by atoms with van der Waals surface area (Å²) in [5, 5.41) is 4.18. The van der Waals surface area contributed by atoms with Gasteiger partial charge in [0, 0.05) is 33.3 Å². The van der Waals surface area contributed by atoms with Gasteiger partial charge in [-0.05, 0) is 61.0 Å². The number of ketones is 1. The van der Waals surface area contributed by atoms with Crippen LogP contribution in [0.15, 0.2) is 83.3 Å². The second-order valence-corrected chi connectivity index (χ2v) is 7.27. The summed E-state index contributed by atoms with van der Waals surface area (Å²) in [7, 11) is 0. The Hall–Kier alpha value is -3.63. The van der Waals surface area contributed by atoms with Crippen molar-refractivity contribution in [2.75, 3.05) is 5.32 Å². The molecule has 1 heterocycles. The highest BCUT2D eigenvalue weighted by molar-refractivity contribution is 6.30. The number of carbonyl (C=O) groups excluding carboxylic acids is 2. The van der Waals surface area contributed by atoms with Crippen molar-refractivity contribution in [2.24, 2.45) is 0 Å². The molecular formula is C25H18ClNO3. The van der Waals surface area contributed by atoms with E-state index in [0.29, 0.717) is 21.9 Å². The molecule has 4 rings (SSSR count). The number of carbonyl (C=O) groups is 2. The number of hydrogen-bond donors (Lipinski definition) is 1. The number of aryl methyl sites for hydroxylation is 1. The van der Waals surface area contributed by atoms with Crippen molar-refractivity contribution in [1.29, 1.82) is 0 Å². The van der Waals surface area contributed by atoms with Crippen molar-refractivity contribution >= 4 is 46.0 Å². The number of halogens is 1. The summed E-state index contributed by atoms with van der Waals surface area (Å²) in [5.41, 5.74) is 3.38. The maximum atomic E-state index is 12.8. The third-order valence-electron chi connectivity index (χ3n) is 4.74. The van der Waals surface area contributed by atoms with E-state index in [1.54, 1.807) is 48.5 Å². The van der Waals surface area contributed by atoms with E-state index in [9.17, 15) is 9.59 Å². The molecule has 1 aromatic heterocycles. The molecule has 0 saturated heterocycles. The Morgan fingerprint density at radius 1 is 0.967 bits per heavy atom. The van der Waals surface area contributed by atoms with Crippen LogP contribution in [0.25, 0.3) is 17.0 Å². The molecule has 4 nitrogen and oxygen atoms in total. The van der Waals surface area contributed by atoms with Crippen LogP contribution in [-0.4, -0.2) is 11.7 Å². The normalized spacial score (nSPS) is 11.1. The van der Waals surface area contributed by atoms with Gasteiger partial charge >= 0.3 is 0 Å². The van der Waals surface area contributed by atoms with Crippen molar-refractivity contribution < 1.29 is 14.0 Å². The van der Waals surface area contributed by atoms with Crippen LogP contribution in [0.3, 0.4) is 0 Å². The standard InChI is InChI=1S/C25H18ClNO3/c1-16-21-15-20(27-23(28)14-7-17-5-3-2-4-6-17)12-13-22(21)30-25(16)24(29)18-8-10-19(26)11-9-18/h2-15H,1H3,(H,27,28). The van der Waals surface area contributed by atoms with E-state index in [4.69, 9.17) is 16.0 Å². The minimum Gasteiger partial charge on any atom is -0.452 e. The van der Waals surface area contributed by atoms with Crippen molar-refractivity contribution in [1.82, 2.24) is 0 Å². The first-order chi connectivity index (χ1) is 14.5. The summed E-state index contributed by atoms with van der Waals surface area (Å²) in [5.74, 6) is -0.173. The minimum absolute atomic E-state index is 0.211. The Balaban J connectivity index is 1.56. The number of nitrogens with one attached hydrogen (secondary N) is 1. The lowest BCUT2D eigenvalue weighted by Crippen LogP contribution is -2.07. The van der Waals surface area contributed by atoms with Crippen LogP contribution in [0.2, 0.25) is 5.02 Å². The van der Waals surface area contributed by atoms with E-state index >= 15 is 0 Å². The maximum absolute atomic E-state index is 12.8. The molecule has 1 amide bonds. The quantitative estimate of drug-likeness (QED) is 0.308. The van der Waals surface area contributed by atoms with Crippen LogP contribution in [0.5, 0.6) is 0 Å². The third kappa shape index (κ3) is 4.19. The van der Waals surface area contributed by atoms with E-state index in [-0.39, 0.29) is 17.5 Å². The van der Waals surface area contributed by atoms with E-state index in [2.05, 4.69) is 5.32 Å². The second kappa shape index (κ2) is 8.39. The van der Waals surface area contributed by atoms with Gasteiger partial charge in [0.05, 0.1) is 0 Å². The zero-order valence-electron chi connectivity index (χ0n) is 16.2. The Morgan fingerprint density at radius 2 is 1.70 bits per heavy atom. The SMILES string of the molecule is Cc1c(C(=O)c2ccc(Cl)cc2)oc2ccc(NC(=O)C=Cc3ccccc3)cc12. The van der Waals surface area contributed by atoms with Gasteiger partial charge in [-0.15, -0.1) is 0 Å². The van der Waals surface area contributed by atoms with Gasteiger partial charge < -0.3 is 9.73 Å². The van der Waals surface area contributed by atoms with Crippen LogP contribution in [0.1, 0.15) is 27.2 Å². The highest BCUT2D eigenvalue weighted by Gasteiger charge is 2.19. The Kier molecular flexibility index (Phi) is 5.50. The van der Waals surface area contributed by atoms with Crippen LogP contribution < -0.4 is 5.32 Å². The van der Waals surface area contributed by atoms with Crippen LogP contribution in [0, 0.1) is 6.92 Å². The summed E-state index contributed by atoms with van der Waals surface area (Å²) in [6.07, 6.45) is 3.23. The Labute approximate surface area is 178 Å². The zero-order chi connectivity index (χ0) is 21.1. The smallest absolute Gasteiger partial charge is 0.248 e. The van der Waals surface area contributed by atoms with Gasteiger partial charge in [0.25, 0.3) is 0 Å². The molecule has 0 aliphatic heterocycles. The molecule has 148 valence electrons. The fourth-order valence-corrected chi connectivity index (χ4v) is 3.29. The number of furan rings is 1. The lowest BCUT2D eigenvalue weighted by Gasteiger charge is -2.02. The van der Waals surface area contributed by atoms with Crippen LogP contribution >= 0.6 is 11.6 Å². The molecule has 0 aliphatic rings. The molecule has 0 aliphatic carbocycles. The van der Waals surface area contributed by atoms with Crippen LogP contribution in [0.4, 0.5) is 5.69 Å². The maximum Gasteiger partial charge on any atom is 0.248 e. The number of anilines is 1. The number of benzene rings is 3. The molecule has 3 aromatic carbocycles. The summed E-state index contributed by atoms with van der Waals surface area (Å²) in [6.45, 7) is 1.83. The average Bonchev–Trinajstić information content (AvgIpc) is 3.09. The first kappa shape index (κ1) is 19.7. The number of amides is 1. The highest BCUT2D eigenvalue weighted by Crippen LogP contribution is 2.29. The van der Waals surface area contributed by atoms with Gasteiger partial charge in [-0.3, -0.25) is 9.59 Å². The predicted octanol–water partition coefficient (Wildman–Crippen LogP) is 6.28. The van der Waals surface area contributed by atoms with Gasteiger partial charge in [0.2, 0.25) is 11.7 Å². The van der Waals surface area contributed by atoms with Gasteiger partial charge in [-0.1, -0.05) is 41.9 Å². The molecular weight excluding hydrogens is 398 g/mol. The summed E-state index contributed by atoms with van der Waals surface area (Å²) < 4.78 is 5.80. The molecule has 4 aromatic rings. The van der Waals surface area contributed by atoms with Gasteiger partial charge in [0.1, 0.15) is 5.58 Å². The predicted molar refractivity (Wildman–Crippen MR) is 120 cm³/mol. The molecule has 5 heteroatoms. The largest absolute Gasteiger partial charge is 0.452 e. The van der Waals surface area contributed by atoms with Gasteiger partial charge in [-0.25, -0.2) is 0 Å². The van der Waals surface area contributed by atoms with E-state index < -0.39 is 0 Å². The highest BCUT2D eigenvalue weighted by atomic mass is 35.5. The van der Waals surface area contributed by atoms with Crippen molar-refractivity contribution in [3.05, 3.63) is 106 Å². The zero-order valence-corrected chi connectivity index (χ0v) is 16.9. The third-order valence-corrected chi connectivity index (χ3v) is 5.00. The fourth-order valence-electron chi connectivity index (χ4n) is 3.17. The summed E-state index contributed by atoms with van der Waals surface area (Å²) >= 11 is 5.90. The number of fused-ring (bicyclic) bond motifs is 1. The molecule has 0 saturated carbocycles. The fraction of sp³-hybridized carbons (Fsp3) is 0.0400. The Morgan fingerprint density at radius 3 is 2.43 bits per heavy atom. The molecule has 30 heavy (non-hydrogen) atoms. The first-order valence-corrected chi connectivity index (χ1v) is 9.76. The van der Waals surface area contributed by atoms with Crippen molar-refractivity contribution in [3.63, 3.8) is 0 Å². The molecule has 0 spiro atoms. The monoisotopic (exact) mass is 415 g/mol. The molecule has 0 bridgehead atoms. The first-order valence-electron chi connectivity index (χ1n) is 9.39. The topological polar surface area (TPSA) is 59.3 Å². The lowest BCUT2D eigenvalue weighted by molar-refractivity contribution is -0.111. The number of hydrogen-bond acceptors (Lipinski definition) is 3. The van der Waals surface area contributed by atoms with E-state index in [1.165, 1.54) is 6.08 Å².